The molecule has 0 bridgehead atoms. The highest BCUT2D eigenvalue weighted by Crippen LogP contribution is 2.14. The van der Waals surface area contributed by atoms with Crippen LogP contribution in [0.25, 0.3) is 0 Å². The van der Waals surface area contributed by atoms with E-state index in [1.165, 1.54) is 0 Å². The Morgan fingerprint density at radius 3 is 2.87 bits per heavy atom. The zero-order valence-corrected chi connectivity index (χ0v) is 9.75. The quantitative estimate of drug-likeness (QED) is 0.664. The van der Waals surface area contributed by atoms with Crippen molar-refractivity contribution in [3.8, 4) is 0 Å². The van der Waals surface area contributed by atoms with Gasteiger partial charge in [0.25, 0.3) is 0 Å². The van der Waals surface area contributed by atoms with Gasteiger partial charge < -0.3 is 15.4 Å². The minimum absolute atomic E-state index is 0.505. The van der Waals surface area contributed by atoms with Crippen molar-refractivity contribution < 1.29 is 5.11 Å². The van der Waals surface area contributed by atoms with E-state index in [0.717, 1.165) is 12.2 Å². The third-order valence-electron chi connectivity index (χ3n) is 2.20. The Balaban J connectivity index is 2.24. The summed E-state index contributed by atoms with van der Waals surface area (Å²) in [6.45, 7) is 7.34. The average molecular weight is 211 g/mol. The van der Waals surface area contributed by atoms with E-state index in [1.54, 1.807) is 12.4 Å². The van der Waals surface area contributed by atoms with Gasteiger partial charge in [-0.2, -0.15) is 0 Å². The van der Waals surface area contributed by atoms with Crippen molar-refractivity contribution in [2.45, 2.75) is 39.3 Å². The van der Waals surface area contributed by atoms with Gasteiger partial charge in [0.1, 0.15) is 5.82 Å². The number of hydrogen-bond donors (Lipinski definition) is 3. The number of hydrogen-bond acceptors (Lipinski definition) is 3. The van der Waals surface area contributed by atoms with Crippen molar-refractivity contribution in [1.82, 2.24) is 15.3 Å². The molecule has 86 valence electrons. The number of nitrogens with one attached hydrogen (secondary N) is 2. The molecule has 0 spiro atoms. The Morgan fingerprint density at radius 2 is 2.33 bits per heavy atom. The van der Waals surface area contributed by atoms with Crippen molar-refractivity contribution in [3.63, 3.8) is 0 Å². The molecule has 0 aliphatic rings. The molecule has 0 radical (unpaired) electrons. The summed E-state index contributed by atoms with van der Waals surface area (Å²) in [4.78, 5) is 7.11. The van der Waals surface area contributed by atoms with E-state index < -0.39 is 5.60 Å². The van der Waals surface area contributed by atoms with Gasteiger partial charge in [-0.25, -0.2) is 4.98 Å². The monoisotopic (exact) mass is 211 g/mol. The predicted molar refractivity (Wildman–Crippen MR) is 60.4 cm³/mol. The third kappa shape index (κ3) is 4.95. The van der Waals surface area contributed by atoms with Crippen LogP contribution >= 0.6 is 0 Å². The van der Waals surface area contributed by atoms with Crippen LogP contribution in [0, 0.1) is 5.92 Å². The van der Waals surface area contributed by atoms with Crippen LogP contribution in [-0.2, 0) is 6.54 Å². The topological polar surface area (TPSA) is 60.9 Å². The van der Waals surface area contributed by atoms with E-state index in [1.807, 2.05) is 6.92 Å². The van der Waals surface area contributed by atoms with Crippen LogP contribution in [0.15, 0.2) is 12.4 Å². The molecular weight excluding hydrogens is 190 g/mol. The molecule has 0 fully saturated rings. The summed E-state index contributed by atoms with van der Waals surface area (Å²) in [6.07, 6.45) is 4.32. The molecule has 1 atom stereocenters. The molecule has 0 amide bonds. The largest absolute Gasteiger partial charge is 0.389 e. The second kappa shape index (κ2) is 5.28. The fourth-order valence-electron chi connectivity index (χ4n) is 1.80. The van der Waals surface area contributed by atoms with Gasteiger partial charge in [0.2, 0.25) is 0 Å². The highest BCUT2D eigenvalue weighted by molar-refractivity contribution is 4.87. The first-order valence-corrected chi connectivity index (χ1v) is 5.41. The first-order valence-electron chi connectivity index (χ1n) is 5.41. The molecule has 15 heavy (non-hydrogen) atoms. The minimum Gasteiger partial charge on any atom is -0.389 e. The molecule has 3 N–H and O–H groups in total. The first kappa shape index (κ1) is 12.2. The lowest BCUT2D eigenvalue weighted by molar-refractivity contribution is 0.0382. The lowest BCUT2D eigenvalue weighted by Gasteiger charge is -2.25. The molecule has 4 heteroatoms. The van der Waals surface area contributed by atoms with Gasteiger partial charge in [0, 0.05) is 18.9 Å². The Labute approximate surface area is 91.1 Å². The molecule has 1 aromatic rings. The number of rotatable bonds is 6. The third-order valence-corrected chi connectivity index (χ3v) is 2.20. The molecule has 1 rings (SSSR count). The molecule has 0 aromatic carbocycles. The summed E-state index contributed by atoms with van der Waals surface area (Å²) in [7, 11) is 0. The van der Waals surface area contributed by atoms with E-state index in [2.05, 4.69) is 29.1 Å². The van der Waals surface area contributed by atoms with Crippen molar-refractivity contribution in [3.05, 3.63) is 18.2 Å². The van der Waals surface area contributed by atoms with Gasteiger partial charge in [0.15, 0.2) is 0 Å². The number of aromatic amines is 1. The predicted octanol–water partition coefficient (Wildman–Crippen LogP) is 1.30. The molecule has 1 heterocycles. The molecule has 0 aliphatic heterocycles. The van der Waals surface area contributed by atoms with Crippen LogP contribution in [0.1, 0.15) is 33.0 Å². The number of nitrogens with zero attached hydrogens (tertiary/aromatic N) is 1. The number of aliphatic hydroxyl groups is 1. The summed E-state index contributed by atoms with van der Waals surface area (Å²) in [6, 6.07) is 0. The van der Waals surface area contributed by atoms with E-state index in [0.29, 0.717) is 19.0 Å². The second-order valence-corrected chi connectivity index (χ2v) is 4.73. The molecular formula is C11H21N3O. The highest BCUT2D eigenvalue weighted by Gasteiger charge is 2.21. The summed E-state index contributed by atoms with van der Waals surface area (Å²) in [5.41, 5.74) is -0.638. The van der Waals surface area contributed by atoms with Crippen LogP contribution < -0.4 is 5.32 Å². The van der Waals surface area contributed by atoms with Crippen LogP contribution in [0.5, 0.6) is 0 Å². The molecule has 4 nitrogen and oxygen atoms in total. The number of aromatic nitrogens is 2. The normalized spacial score (nSPS) is 15.5. The zero-order valence-electron chi connectivity index (χ0n) is 9.75. The van der Waals surface area contributed by atoms with Crippen molar-refractivity contribution in [1.29, 1.82) is 0 Å². The van der Waals surface area contributed by atoms with Gasteiger partial charge in [-0.3, -0.25) is 0 Å². The smallest absolute Gasteiger partial charge is 0.120 e. The number of H-pyrrole nitrogens is 1. The van der Waals surface area contributed by atoms with Crippen LogP contribution in [0.2, 0.25) is 0 Å². The van der Waals surface area contributed by atoms with Crippen molar-refractivity contribution in [2.24, 2.45) is 5.92 Å². The highest BCUT2D eigenvalue weighted by atomic mass is 16.3. The van der Waals surface area contributed by atoms with Gasteiger partial charge in [0.05, 0.1) is 12.1 Å². The second-order valence-electron chi connectivity index (χ2n) is 4.73. The fourth-order valence-corrected chi connectivity index (χ4v) is 1.80. The van der Waals surface area contributed by atoms with E-state index in [9.17, 15) is 5.11 Å². The molecule has 1 aromatic heterocycles. The Kier molecular flexibility index (Phi) is 4.29. The molecule has 0 aliphatic carbocycles. The zero-order chi connectivity index (χ0) is 11.3. The van der Waals surface area contributed by atoms with Gasteiger partial charge in [-0.1, -0.05) is 13.8 Å². The Bertz CT molecular complexity index is 267. The Morgan fingerprint density at radius 1 is 1.60 bits per heavy atom. The standard InChI is InChI=1S/C11H21N3O/c1-9(2)6-11(3,15)8-12-7-10-13-4-5-14-10/h4-5,9,12,15H,6-8H2,1-3H3,(H,13,14). The lowest BCUT2D eigenvalue weighted by Crippen LogP contribution is -2.38. The maximum atomic E-state index is 10.0. The maximum Gasteiger partial charge on any atom is 0.120 e. The van der Waals surface area contributed by atoms with E-state index >= 15 is 0 Å². The summed E-state index contributed by atoms with van der Waals surface area (Å²) < 4.78 is 0. The molecule has 0 saturated heterocycles. The van der Waals surface area contributed by atoms with Gasteiger partial charge in [-0.05, 0) is 19.3 Å². The van der Waals surface area contributed by atoms with Crippen LogP contribution in [0.4, 0.5) is 0 Å². The SMILES string of the molecule is CC(C)CC(C)(O)CNCc1ncc[nH]1. The van der Waals surface area contributed by atoms with Crippen LogP contribution in [-0.4, -0.2) is 27.2 Å². The first-order chi connectivity index (χ1) is 6.99. The van der Waals surface area contributed by atoms with Crippen molar-refractivity contribution >= 4 is 0 Å². The summed E-state index contributed by atoms with van der Waals surface area (Å²) >= 11 is 0. The fraction of sp³-hybridized carbons (Fsp3) is 0.727. The van der Waals surface area contributed by atoms with Crippen molar-refractivity contribution in [2.75, 3.05) is 6.54 Å². The lowest BCUT2D eigenvalue weighted by atomic mass is 9.94. The van der Waals surface area contributed by atoms with Crippen LogP contribution in [0.3, 0.4) is 0 Å². The number of imidazole rings is 1. The summed E-state index contributed by atoms with van der Waals surface area (Å²) in [5.74, 6) is 1.40. The maximum absolute atomic E-state index is 10.0. The summed E-state index contributed by atoms with van der Waals surface area (Å²) in [5, 5.41) is 13.2. The average Bonchev–Trinajstić information content (AvgIpc) is 2.53. The van der Waals surface area contributed by atoms with Gasteiger partial charge >= 0.3 is 0 Å². The van der Waals surface area contributed by atoms with Gasteiger partial charge in [-0.15, -0.1) is 0 Å². The van der Waals surface area contributed by atoms with E-state index in [4.69, 9.17) is 0 Å². The minimum atomic E-state index is -0.638. The molecule has 1 unspecified atom stereocenters. The van der Waals surface area contributed by atoms with E-state index in [-0.39, 0.29) is 0 Å². The molecule has 0 saturated carbocycles. The Hall–Kier alpha value is -0.870.